The second kappa shape index (κ2) is 21.2. The highest BCUT2D eigenvalue weighted by Gasteiger charge is 2.18. The van der Waals surface area contributed by atoms with Crippen molar-refractivity contribution in [2.24, 2.45) is 5.73 Å². The summed E-state index contributed by atoms with van der Waals surface area (Å²) >= 11 is 5.64. The van der Waals surface area contributed by atoms with Gasteiger partial charge in [-0.1, -0.05) is 90.4 Å². The zero-order valence-corrected chi connectivity index (χ0v) is 16.6. The molecule has 0 unspecified atom stereocenters. The summed E-state index contributed by atoms with van der Waals surface area (Å²) in [5, 5.41) is 15.7. The van der Waals surface area contributed by atoms with Crippen molar-refractivity contribution in [1.29, 1.82) is 0 Å². The van der Waals surface area contributed by atoms with Crippen LogP contribution in [0, 0.1) is 0 Å². The van der Waals surface area contributed by atoms with E-state index in [-0.39, 0.29) is 0 Å². The maximum absolute atomic E-state index is 9.63. The van der Waals surface area contributed by atoms with Crippen LogP contribution in [0.3, 0.4) is 0 Å². The monoisotopic (exact) mass is 379 g/mol. The second-order valence-electron chi connectivity index (χ2n) is 6.44. The van der Waals surface area contributed by atoms with Crippen LogP contribution in [-0.2, 0) is 9.59 Å². The van der Waals surface area contributed by atoms with Crippen molar-refractivity contribution >= 4 is 23.5 Å². The Bertz CT molecular complexity index is 286. The number of rotatable bonds is 16. The lowest BCUT2D eigenvalue weighted by Gasteiger charge is -2.02. The van der Waals surface area contributed by atoms with E-state index < -0.39 is 18.0 Å². The first-order valence-corrected chi connectivity index (χ1v) is 10.3. The Morgan fingerprint density at radius 1 is 0.720 bits per heavy atom. The summed E-state index contributed by atoms with van der Waals surface area (Å²) in [7, 11) is 0. The van der Waals surface area contributed by atoms with Crippen molar-refractivity contribution in [1.82, 2.24) is 0 Å². The topological polar surface area (TPSA) is 101 Å². The van der Waals surface area contributed by atoms with Crippen LogP contribution in [0.15, 0.2) is 0 Å². The van der Waals surface area contributed by atoms with Crippen LogP contribution < -0.4 is 5.73 Å². The van der Waals surface area contributed by atoms with Gasteiger partial charge in [-0.3, -0.25) is 0 Å². The van der Waals surface area contributed by atoms with E-state index in [1.54, 1.807) is 0 Å². The molecule has 4 N–H and O–H groups in total. The molecule has 0 aromatic rings. The van der Waals surface area contributed by atoms with Crippen LogP contribution in [0.2, 0.25) is 0 Å². The van der Waals surface area contributed by atoms with E-state index in [1.807, 2.05) is 0 Å². The highest BCUT2D eigenvalue weighted by atomic mass is 35.5. The molecule has 0 fully saturated rings. The van der Waals surface area contributed by atoms with Gasteiger partial charge in [0, 0.05) is 5.88 Å². The zero-order valence-electron chi connectivity index (χ0n) is 15.9. The molecule has 0 rings (SSSR count). The number of hydrogen-bond acceptors (Lipinski definition) is 3. The van der Waals surface area contributed by atoms with Crippen LogP contribution in [0.5, 0.6) is 0 Å². The van der Waals surface area contributed by atoms with Crippen molar-refractivity contribution < 1.29 is 19.8 Å². The highest BCUT2D eigenvalue weighted by Crippen LogP contribution is 2.12. The maximum Gasteiger partial charge on any atom is 0.332 e. The van der Waals surface area contributed by atoms with Crippen LogP contribution in [0.1, 0.15) is 96.8 Å². The average molecular weight is 380 g/mol. The minimum Gasteiger partial charge on any atom is -0.480 e. The molecule has 0 saturated carbocycles. The summed E-state index contributed by atoms with van der Waals surface area (Å²) in [5.41, 5.74) is 4.56. The fourth-order valence-electron chi connectivity index (χ4n) is 2.39. The van der Waals surface area contributed by atoms with E-state index in [1.165, 1.54) is 89.9 Å². The molecule has 150 valence electrons. The Balaban J connectivity index is 0. The molecule has 6 heteroatoms. The van der Waals surface area contributed by atoms with E-state index >= 15 is 0 Å². The summed E-state index contributed by atoms with van der Waals surface area (Å²) in [5.74, 6) is -2.21. The highest BCUT2D eigenvalue weighted by molar-refractivity contribution is 6.17. The van der Waals surface area contributed by atoms with Gasteiger partial charge in [-0.2, -0.15) is 0 Å². The molecule has 0 saturated heterocycles. The van der Waals surface area contributed by atoms with E-state index in [4.69, 9.17) is 21.8 Å². The van der Waals surface area contributed by atoms with Crippen molar-refractivity contribution in [2.45, 2.75) is 103 Å². The smallest absolute Gasteiger partial charge is 0.332 e. The minimum atomic E-state index is -1.80. The van der Waals surface area contributed by atoms with Gasteiger partial charge in [-0.25, -0.2) is 9.59 Å². The standard InChI is InChI=1S/C16H33Cl.C3H5NO4/c1-2-3-4-5-6-7-8-9-10-11-12-13-14-15-16-17;4-1(2(5)6)3(7)8/h2-16H2,1H3;1H,4H2,(H,5,6)(H,7,8). The molecule has 0 bridgehead atoms. The molecule has 0 aliphatic heterocycles. The number of halogens is 1. The quantitative estimate of drug-likeness (QED) is 0.194. The van der Waals surface area contributed by atoms with E-state index in [0.29, 0.717) is 0 Å². The number of hydrogen-bond donors (Lipinski definition) is 3. The van der Waals surface area contributed by atoms with E-state index in [2.05, 4.69) is 12.7 Å². The Morgan fingerprint density at radius 3 is 1.20 bits per heavy atom. The Morgan fingerprint density at radius 2 is 1.00 bits per heavy atom. The first-order valence-electron chi connectivity index (χ1n) is 9.74. The first kappa shape index (κ1) is 26.4. The first-order chi connectivity index (χ1) is 12.0. The number of aliphatic carboxylic acids is 2. The number of unbranched alkanes of at least 4 members (excludes halogenated alkanes) is 13. The fraction of sp³-hybridized carbons (Fsp3) is 0.895. The molecule has 0 spiro atoms. The van der Waals surface area contributed by atoms with E-state index in [0.717, 1.165) is 5.88 Å². The molecule has 25 heavy (non-hydrogen) atoms. The number of nitrogens with two attached hydrogens (primary N) is 1. The van der Waals surface area contributed by atoms with E-state index in [9.17, 15) is 9.59 Å². The summed E-state index contributed by atoms with van der Waals surface area (Å²) in [4.78, 5) is 19.3. The summed E-state index contributed by atoms with van der Waals surface area (Å²) in [6.07, 6.45) is 19.8. The van der Waals surface area contributed by atoms with Gasteiger partial charge in [0.1, 0.15) is 0 Å². The van der Waals surface area contributed by atoms with Gasteiger partial charge in [-0.15, -0.1) is 11.6 Å². The average Bonchev–Trinajstić information content (AvgIpc) is 2.58. The SMILES string of the molecule is CCCCCCCCCCCCCCCCCl.NC(C(=O)O)C(=O)O. The Kier molecular flexibility index (Phi) is 22.4. The van der Waals surface area contributed by atoms with Gasteiger partial charge in [0.25, 0.3) is 0 Å². The van der Waals surface area contributed by atoms with Crippen LogP contribution in [-0.4, -0.2) is 34.1 Å². The van der Waals surface area contributed by atoms with Crippen LogP contribution >= 0.6 is 11.6 Å². The summed E-state index contributed by atoms with van der Waals surface area (Å²) in [6.45, 7) is 2.28. The largest absolute Gasteiger partial charge is 0.480 e. The number of alkyl halides is 1. The third-order valence-corrected chi connectivity index (χ3v) is 4.29. The maximum atomic E-state index is 9.63. The van der Waals surface area contributed by atoms with Crippen molar-refractivity contribution in [3.05, 3.63) is 0 Å². The van der Waals surface area contributed by atoms with Gasteiger partial charge in [0.2, 0.25) is 6.04 Å². The minimum absolute atomic E-state index is 0.845. The van der Waals surface area contributed by atoms with Crippen molar-refractivity contribution in [2.75, 3.05) is 5.88 Å². The second-order valence-corrected chi connectivity index (χ2v) is 6.82. The van der Waals surface area contributed by atoms with Gasteiger partial charge < -0.3 is 15.9 Å². The summed E-state index contributed by atoms with van der Waals surface area (Å²) in [6, 6.07) is -1.80. The van der Waals surface area contributed by atoms with Crippen LogP contribution in [0.4, 0.5) is 0 Å². The number of carboxylic acid groups (broad SMARTS) is 2. The normalized spacial score (nSPS) is 10.4. The van der Waals surface area contributed by atoms with Crippen LogP contribution in [0.25, 0.3) is 0 Å². The third-order valence-electron chi connectivity index (χ3n) is 4.02. The number of carboxylic acids is 2. The summed E-state index contributed by atoms with van der Waals surface area (Å²) < 4.78 is 0. The number of carbonyl (C=O) groups is 2. The molecular weight excluding hydrogens is 342 g/mol. The Hall–Kier alpha value is -0.810. The van der Waals surface area contributed by atoms with Crippen molar-refractivity contribution in [3.8, 4) is 0 Å². The van der Waals surface area contributed by atoms with Gasteiger partial charge in [-0.05, 0) is 6.42 Å². The molecule has 0 radical (unpaired) electrons. The molecule has 0 atom stereocenters. The van der Waals surface area contributed by atoms with Crippen molar-refractivity contribution in [3.63, 3.8) is 0 Å². The Labute approximate surface area is 158 Å². The molecule has 0 aromatic carbocycles. The third kappa shape index (κ3) is 23.2. The van der Waals surface area contributed by atoms with Gasteiger partial charge in [0.15, 0.2) is 0 Å². The lowest BCUT2D eigenvalue weighted by Crippen LogP contribution is -2.38. The fourth-order valence-corrected chi connectivity index (χ4v) is 2.58. The molecule has 0 aromatic heterocycles. The van der Waals surface area contributed by atoms with Gasteiger partial charge in [0.05, 0.1) is 0 Å². The molecule has 0 amide bonds. The lowest BCUT2D eigenvalue weighted by atomic mass is 10.0. The molecule has 5 nitrogen and oxygen atoms in total. The molecular formula is C19H38ClNO4. The van der Waals surface area contributed by atoms with Gasteiger partial charge >= 0.3 is 11.9 Å². The molecule has 0 heterocycles. The predicted molar refractivity (Wildman–Crippen MR) is 104 cm³/mol. The predicted octanol–water partition coefficient (Wildman–Crippen LogP) is 5.19. The zero-order chi connectivity index (χ0) is 19.3. The lowest BCUT2D eigenvalue weighted by molar-refractivity contribution is -0.149. The molecule has 0 aliphatic carbocycles. The molecule has 0 aliphatic rings.